The summed E-state index contributed by atoms with van der Waals surface area (Å²) in [7, 11) is 3.63. The number of pyridine rings is 1. The Kier molecular flexibility index (Phi) is 3.37. The van der Waals surface area contributed by atoms with E-state index in [2.05, 4.69) is 23.7 Å². The highest BCUT2D eigenvalue weighted by Crippen LogP contribution is 2.27. The summed E-state index contributed by atoms with van der Waals surface area (Å²) in [4.78, 5) is 17.9. The van der Waals surface area contributed by atoms with Gasteiger partial charge in [-0.3, -0.25) is 4.98 Å². The molecule has 0 radical (unpaired) electrons. The first kappa shape index (κ1) is 12.6. The van der Waals surface area contributed by atoms with Crippen LogP contribution >= 0.6 is 0 Å². The van der Waals surface area contributed by atoms with Crippen molar-refractivity contribution >= 4 is 30.0 Å². The first-order valence-electron chi connectivity index (χ1n) is 6.12. The Balaban J connectivity index is 2.66. The Morgan fingerprint density at radius 3 is 2.67 bits per heavy atom. The number of carbonyl (C=O) groups is 1. The van der Waals surface area contributed by atoms with Crippen LogP contribution in [0.3, 0.4) is 0 Å². The van der Waals surface area contributed by atoms with E-state index in [9.17, 15) is 4.79 Å². The molecule has 0 aliphatic carbocycles. The molecular weight excluding hydrogens is 223 g/mol. The van der Waals surface area contributed by atoms with Gasteiger partial charge in [-0.1, -0.05) is 12.1 Å². The molecule has 2 aromatic rings. The highest BCUT2D eigenvalue weighted by Gasteiger charge is 2.10. The van der Waals surface area contributed by atoms with Gasteiger partial charge in [0.15, 0.2) is 7.85 Å². The van der Waals surface area contributed by atoms with Crippen molar-refractivity contribution in [1.29, 1.82) is 0 Å². The average molecular weight is 240 g/mol. The summed E-state index contributed by atoms with van der Waals surface area (Å²) < 4.78 is 0. The van der Waals surface area contributed by atoms with E-state index >= 15 is 0 Å². The van der Waals surface area contributed by atoms with Crippen LogP contribution in [0.1, 0.15) is 24.2 Å². The Hall–Kier alpha value is -1.84. The van der Waals surface area contributed by atoms with Gasteiger partial charge in [0.05, 0.1) is 11.9 Å². The first-order valence-corrected chi connectivity index (χ1v) is 6.12. The van der Waals surface area contributed by atoms with Crippen LogP contribution < -0.4 is 4.90 Å². The van der Waals surface area contributed by atoms with Gasteiger partial charge < -0.3 is 9.69 Å². The van der Waals surface area contributed by atoms with Crippen LogP contribution in [0.2, 0.25) is 0 Å². The number of hydrogen-bond donors (Lipinski definition) is 0. The quantitative estimate of drug-likeness (QED) is 0.767. The smallest absolute Gasteiger partial charge is 0.193 e. The average Bonchev–Trinajstić information content (AvgIpc) is 2.36. The molecule has 0 amide bonds. The SMILES string of the molecule is BC(=O)c1ccc2cncc(N(C)C(C)C)c2c1. The predicted octanol–water partition coefficient (Wildman–Crippen LogP) is 1.85. The molecule has 0 N–H and O–H groups in total. The van der Waals surface area contributed by atoms with E-state index in [0.717, 1.165) is 22.0 Å². The first-order chi connectivity index (χ1) is 8.50. The molecule has 1 aromatic carbocycles. The summed E-state index contributed by atoms with van der Waals surface area (Å²) in [5.74, 6) is 0. The van der Waals surface area contributed by atoms with E-state index in [1.54, 1.807) is 7.85 Å². The normalized spacial score (nSPS) is 10.9. The van der Waals surface area contributed by atoms with Crippen molar-refractivity contribution in [1.82, 2.24) is 4.98 Å². The summed E-state index contributed by atoms with van der Waals surface area (Å²) in [6.07, 6.45) is 3.68. The highest BCUT2D eigenvalue weighted by atomic mass is 16.1. The van der Waals surface area contributed by atoms with Crippen LogP contribution in [0.15, 0.2) is 30.6 Å². The number of rotatable bonds is 3. The minimum atomic E-state index is 0.0897. The number of nitrogens with zero attached hydrogens (tertiary/aromatic N) is 2. The van der Waals surface area contributed by atoms with E-state index in [1.165, 1.54) is 0 Å². The standard InChI is InChI=1S/C14H17BN2O/c1-9(2)17(3)13-8-16-7-11-5-4-10(14(15)18)6-12(11)13/h4-9H,15H2,1-3H3. The van der Waals surface area contributed by atoms with Crippen molar-refractivity contribution in [3.05, 3.63) is 36.2 Å². The lowest BCUT2D eigenvalue weighted by atomic mass is 9.93. The van der Waals surface area contributed by atoms with Crippen LogP contribution in [0, 0.1) is 0 Å². The fourth-order valence-electron chi connectivity index (χ4n) is 1.93. The summed E-state index contributed by atoms with van der Waals surface area (Å²) in [6, 6.07) is 6.15. The topological polar surface area (TPSA) is 33.2 Å². The number of anilines is 1. The molecule has 0 spiro atoms. The Labute approximate surface area is 108 Å². The van der Waals surface area contributed by atoms with E-state index in [1.807, 2.05) is 37.6 Å². The third-order valence-electron chi connectivity index (χ3n) is 3.30. The lowest BCUT2D eigenvalue weighted by Gasteiger charge is -2.25. The van der Waals surface area contributed by atoms with Crippen molar-refractivity contribution in [3.8, 4) is 0 Å². The van der Waals surface area contributed by atoms with Crippen LogP contribution in [0.25, 0.3) is 10.8 Å². The van der Waals surface area contributed by atoms with E-state index in [4.69, 9.17) is 0 Å². The molecule has 0 saturated carbocycles. The van der Waals surface area contributed by atoms with Gasteiger partial charge in [-0.15, -0.1) is 0 Å². The molecular formula is C14H17BN2O. The molecule has 4 heteroatoms. The summed E-state index contributed by atoms with van der Waals surface area (Å²) in [6.45, 7) is 4.27. The summed E-state index contributed by atoms with van der Waals surface area (Å²) in [5, 5.41) is 2.14. The minimum absolute atomic E-state index is 0.0897. The number of benzene rings is 1. The molecule has 0 unspecified atom stereocenters. The third kappa shape index (κ3) is 2.23. The van der Waals surface area contributed by atoms with Gasteiger partial charge >= 0.3 is 0 Å². The van der Waals surface area contributed by atoms with Crippen molar-refractivity contribution < 1.29 is 4.79 Å². The van der Waals surface area contributed by atoms with Gasteiger partial charge in [-0.2, -0.15) is 0 Å². The van der Waals surface area contributed by atoms with Gasteiger partial charge in [-0.25, -0.2) is 0 Å². The van der Waals surface area contributed by atoms with Crippen molar-refractivity contribution in [2.45, 2.75) is 19.9 Å². The zero-order valence-corrected chi connectivity index (χ0v) is 11.3. The fraction of sp³-hybridized carbons (Fsp3) is 0.286. The second-order valence-electron chi connectivity index (χ2n) is 4.86. The molecule has 92 valence electrons. The summed E-state index contributed by atoms with van der Waals surface area (Å²) in [5.41, 5.74) is 1.89. The van der Waals surface area contributed by atoms with Crippen molar-refractivity contribution in [2.75, 3.05) is 11.9 Å². The number of fused-ring (bicyclic) bond motifs is 1. The number of aromatic nitrogens is 1. The van der Waals surface area contributed by atoms with Gasteiger partial charge in [0.1, 0.15) is 5.68 Å². The zero-order valence-electron chi connectivity index (χ0n) is 11.3. The molecule has 0 fully saturated rings. The lowest BCUT2D eigenvalue weighted by molar-refractivity contribution is 0.108. The molecule has 2 rings (SSSR count). The largest absolute Gasteiger partial charge is 0.370 e. The van der Waals surface area contributed by atoms with Crippen LogP contribution in [0.4, 0.5) is 5.69 Å². The molecule has 1 aromatic heterocycles. The lowest BCUT2D eigenvalue weighted by Crippen LogP contribution is -2.25. The molecule has 18 heavy (non-hydrogen) atoms. The maximum atomic E-state index is 11.5. The van der Waals surface area contributed by atoms with Crippen LogP contribution in [-0.4, -0.2) is 31.6 Å². The van der Waals surface area contributed by atoms with Gasteiger partial charge in [0.2, 0.25) is 0 Å². The van der Waals surface area contributed by atoms with E-state index < -0.39 is 0 Å². The predicted molar refractivity (Wildman–Crippen MR) is 78.2 cm³/mol. The third-order valence-corrected chi connectivity index (χ3v) is 3.30. The van der Waals surface area contributed by atoms with Crippen molar-refractivity contribution in [3.63, 3.8) is 0 Å². The van der Waals surface area contributed by atoms with Crippen molar-refractivity contribution in [2.24, 2.45) is 0 Å². The Bertz CT molecular complexity index is 595. The zero-order chi connectivity index (χ0) is 13.3. The minimum Gasteiger partial charge on any atom is -0.370 e. The van der Waals surface area contributed by atoms with Gasteiger partial charge in [0, 0.05) is 35.6 Å². The number of hydrogen-bond acceptors (Lipinski definition) is 3. The fourth-order valence-corrected chi connectivity index (χ4v) is 1.93. The Morgan fingerprint density at radius 2 is 2.06 bits per heavy atom. The van der Waals surface area contributed by atoms with Crippen LogP contribution in [-0.2, 0) is 0 Å². The second kappa shape index (κ2) is 4.80. The van der Waals surface area contributed by atoms with Gasteiger partial charge in [0.25, 0.3) is 0 Å². The highest BCUT2D eigenvalue weighted by molar-refractivity contribution is 6.62. The maximum absolute atomic E-state index is 11.5. The Morgan fingerprint density at radius 1 is 1.33 bits per heavy atom. The van der Waals surface area contributed by atoms with E-state index in [0.29, 0.717) is 6.04 Å². The summed E-state index contributed by atoms with van der Waals surface area (Å²) >= 11 is 0. The number of carbonyl (C=O) groups excluding carboxylic acids is 1. The molecule has 0 atom stereocenters. The maximum Gasteiger partial charge on any atom is 0.193 e. The van der Waals surface area contributed by atoms with Gasteiger partial charge in [-0.05, 0) is 19.9 Å². The molecule has 3 nitrogen and oxygen atoms in total. The second-order valence-corrected chi connectivity index (χ2v) is 4.86. The molecule has 0 aliphatic rings. The monoisotopic (exact) mass is 240 g/mol. The molecule has 0 aliphatic heterocycles. The van der Waals surface area contributed by atoms with Crippen LogP contribution in [0.5, 0.6) is 0 Å². The molecule has 0 saturated heterocycles. The molecule has 0 bridgehead atoms. The van der Waals surface area contributed by atoms with E-state index in [-0.39, 0.29) is 5.68 Å². The molecule has 1 heterocycles.